The maximum Gasteiger partial charge on any atom is 1.00 e. The van der Waals surface area contributed by atoms with Crippen LogP contribution in [0.3, 0.4) is 0 Å². The van der Waals surface area contributed by atoms with Gasteiger partial charge in [-0.15, -0.1) is 24.8 Å². The van der Waals surface area contributed by atoms with Crippen LogP contribution in [0.4, 0.5) is 50.4 Å². The summed E-state index contributed by atoms with van der Waals surface area (Å²) >= 11 is 6.54. The Morgan fingerprint density at radius 3 is 1.58 bits per heavy atom. The number of sulfone groups is 1. The van der Waals surface area contributed by atoms with Gasteiger partial charge in [-0.2, -0.15) is 28.0 Å². The molecule has 400 valence electrons. The molecule has 0 spiro atoms. The molecule has 0 amide bonds. The van der Waals surface area contributed by atoms with E-state index in [0.29, 0.717) is 76.2 Å². The summed E-state index contributed by atoms with van der Waals surface area (Å²) in [5, 5.41) is 65.0. The van der Waals surface area contributed by atoms with E-state index in [9.17, 15) is 54.5 Å². The minimum atomic E-state index is -5.26. The van der Waals surface area contributed by atoms with Crippen LogP contribution in [-0.2, 0) is 62.4 Å². The number of fused-ring (bicyclic) bond motifs is 2. The van der Waals surface area contributed by atoms with Gasteiger partial charge < -0.3 is 35.5 Å². The van der Waals surface area contributed by atoms with Crippen LogP contribution in [0.2, 0.25) is 0 Å². The first-order chi connectivity index (χ1) is 35.8. The van der Waals surface area contributed by atoms with Gasteiger partial charge in [-0.3, -0.25) is 19.3 Å². The molecule has 81 heavy (non-hydrogen) atoms. The Labute approximate surface area is 656 Å². The zero-order valence-corrected chi connectivity index (χ0v) is 67.1. The Morgan fingerprint density at radius 1 is 0.593 bits per heavy atom. The van der Waals surface area contributed by atoms with E-state index in [-0.39, 0.29) is 273 Å². The fourth-order valence-electron chi connectivity index (χ4n) is 6.39. The number of halogens is 4. The summed E-state index contributed by atoms with van der Waals surface area (Å²) in [5.41, 5.74) is -0.112. The molecule has 0 saturated carbocycles. The van der Waals surface area contributed by atoms with Crippen molar-refractivity contribution in [3.8, 4) is 0 Å². The molecule has 1 heterocycles. The Hall–Kier alpha value is 2.83. The first kappa shape index (κ1) is 83.8. The van der Waals surface area contributed by atoms with Gasteiger partial charge in [0.25, 0.3) is 0 Å². The first-order valence-electron chi connectivity index (χ1n) is 19.5. The van der Waals surface area contributed by atoms with Gasteiger partial charge in [0.1, 0.15) is 25.9 Å². The van der Waals surface area contributed by atoms with Crippen molar-refractivity contribution in [3.05, 3.63) is 109 Å². The summed E-state index contributed by atoms with van der Waals surface area (Å²) in [6.45, 7) is 0.789. The minimum Gasteiger partial charge on any atom is 1.00 e. The van der Waals surface area contributed by atoms with E-state index < -0.39 is 57.4 Å². The zero-order valence-electron chi connectivity index (χ0n) is 42.6. The molecule has 6 aromatic carbocycles. The van der Waals surface area contributed by atoms with E-state index in [2.05, 4.69) is 111 Å². The number of hydrogen-bond donors (Lipinski definition) is 2. The standard InChI is InChI=1S/C38H30FN9O18S6.I3.K.5Na/c1-20-16-35(72(57,58)59)33(19-34(20)71(54,55)56)48-47-32-13-12-30(26-9-5-23(18-28(26)32)68-65-62-50)45-46-31-11-10-29(25-8-4-22(17-27(25)31)67-64-61-49)41-38-43-36(39)42-37(44-38)40-21-2-6-24(7-3-21)70(52,53)15-14-60-69-66-63-51;1-3-2;;;;;;/h2-13,16-19,49-51H,14-15H2,1H3,(H,54,55,56)(H,57,58,59)(H2,40,41,42,43,44);;;;;;;/q;-1;6*+1/p-5. The smallest absolute Gasteiger partial charge is 1.00 e. The Kier molecular flexibility index (Phi) is 42.8. The van der Waals surface area contributed by atoms with Crippen LogP contribution in [0, 0.1) is 13.0 Å². The van der Waals surface area contributed by atoms with Crippen molar-refractivity contribution in [1.82, 2.24) is 15.0 Å². The van der Waals surface area contributed by atoms with Crippen molar-refractivity contribution in [2.45, 2.75) is 31.4 Å². The molecule has 1 aromatic heterocycles. The third kappa shape index (κ3) is 25.8. The van der Waals surface area contributed by atoms with Crippen LogP contribution >= 0.6 is 73.6 Å². The van der Waals surface area contributed by atoms with Gasteiger partial charge in [0.2, 0.25) is 11.9 Å². The van der Waals surface area contributed by atoms with Gasteiger partial charge in [0.05, 0.1) is 68.2 Å². The minimum absolute atomic E-state index is 0. The van der Waals surface area contributed by atoms with E-state index in [4.69, 9.17) is 4.18 Å². The van der Waals surface area contributed by atoms with E-state index in [0.717, 1.165) is 6.92 Å². The summed E-state index contributed by atoms with van der Waals surface area (Å²) in [6, 6.07) is 21.6. The number of aromatic nitrogens is 3. The van der Waals surface area contributed by atoms with Gasteiger partial charge in [-0.25, -0.2) is 25.3 Å². The predicted octanol–water partition coefficient (Wildman–Crippen LogP) is -13.4. The molecule has 0 unspecified atom stereocenters. The number of hydrogen-bond acceptors (Lipinski definition) is 30. The summed E-state index contributed by atoms with van der Waals surface area (Å²) in [5.74, 6) is -1.01. The quantitative estimate of drug-likeness (QED) is 0.00878. The summed E-state index contributed by atoms with van der Waals surface area (Å²) < 4.78 is 130. The molecule has 0 aliphatic carbocycles. The molecular formula is C38H25FI3KN9Na5O18S6. The topological polar surface area (TPSA) is 394 Å². The average molecular weight is 1640 g/mol. The van der Waals surface area contributed by atoms with Crippen molar-refractivity contribution < 1.29 is 299 Å². The number of anilines is 4. The maximum absolute atomic E-state index is 14.9. The largest absolute Gasteiger partial charge is 1.00 e. The molecule has 0 aliphatic heterocycles. The van der Waals surface area contributed by atoms with Crippen molar-refractivity contribution in [1.29, 1.82) is 0 Å². The van der Waals surface area contributed by atoms with Gasteiger partial charge in [-0.1, -0.05) is 12.1 Å². The van der Waals surface area contributed by atoms with E-state index >= 15 is 0 Å². The predicted molar refractivity (Wildman–Crippen MR) is 268 cm³/mol. The Morgan fingerprint density at radius 2 is 1.06 bits per heavy atom. The molecule has 0 radical (unpaired) electrons. The second-order valence-electron chi connectivity index (χ2n) is 13.9. The number of nitrogens with zero attached hydrogens (tertiary/aromatic N) is 7. The third-order valence-corrected chi connectivity index (χ3v) is 14.5. The van der Waals surface area contributed by atoms with Gasteiger partial charge >= 0.3 is 256 Å². The Balaban J connectivity index is 0.00000695. The molecule has 0 saturated heterocycles. The number of nitrogens with one attached hydrogen (secondary N) is 2. The number of aryl methyl sites for hydroxylation is 1. The first-order valence-corrected chi connectivity index (χ1v) is 38.7. The fraction of sp³-hybridized carbons (Fsp3) is 0.0789. The normalized spacial score (nSPS) is 11.3. The van der Waals surface area contributed by atoms with Gasteiger partial charge in [0, 0.05) is 42.7 Å². The molecule has 27 nitrogen and oxygen atoms in total. The van der Waals surface area contributed by atoms with Crippen LogP contribution in [0.25, 0.3) is 21.5 Å². The maximum atomic E-state index is 14.9. The van der Waals surface area contributed by atoms with Crippen molar-refractivity contribution in [2.24, 2.45) is 20.5 Å². The van der Waals surface area contributed by atoms with E-state index in [1.54, 1.807) is 18.2 Å². The Bertz CT molecular complexity index is 3620. The van der Waals surface area contributed by atoms with Crippen molar-refractivity contribution in [3.63, 3.8) is 0 Å². The van der Waals surface area contributed by atoms with E-state index in [1.807, 2.05) is 0 Å². The molecule has 0 atom stereocenters. The molecular weight excluding hydrogens is 1620 g/mol. The summed E-state index contributed by atoms with van der Waals surface area (Å²) in [7, 11) is -14.2. The molecule has 0 bridgehead atoms. The third-order valence-electron chi connectivity index (χ3n) is 9.41. The molecule has 2 N–H and O–H groups in total. The summed E-state index contributed by atoms with van der Waals surface area (Å²) in [4.78, 5) is 10.4. The van der Waals surface area contributed by atoms with Crippen molar-refractivity contribution in [2.75, 3.05) is 23.0 Å². The van der Waals surface area contributed by atoms with Gasteiger partial charge in [0.15, 0.2) is 22.2 Å². The molecule has 0 fully saturated rings. The summed E-state index contributed by atoms with van der Waals surface area (Å²) in [6.07, 6.45) is -1.20. The van der Waals surface area contributed by atoms with Crippen LogP contribution in [0.1, 0.15) is 5.56 Å². The molecule has 7 rings (SSSR count). The fourth-order valence-corrected chi connectivity index (χ4v) is 9.97. The van der Waals surface area contributed by atoms with Crippen molar-refractivity contribution >= 4 is 171 Å². The van der Waals surface area contributed by atoms with Gasteiger partial charge in [-0.05, 0) is 97.4 Å². The number of azo groups is 2. The monoisotopic (exact) mass is 1640 g/mol. The van der Waals surface area contributed by atoms with Crippen LogP contribution in [0.15, 0.2) is 142 Å². The second-order valence-corrected chi connectivity index (χ2v) is 37.0. The van der Waals surface area contributed by atoms with E-state index in [1.165, 1.54) is 66.7 Å². The molecule has 0 aliphatic rings. The SMILES string of the molecule is Cc1cc(S(=O)(=O)[O-])c(N=Nc2ccc(N=Nc3ccc(Nc4nc(F)nc(Nc5ccc(S(=O)(=O)CCOSOO[O-])cc5)n4)c4ccc(SOO[O-])cc34)c3ccc(SOO[O-])cc23)cc1S(=O)(=O)[O-].I[I-]I.[K+].[Na+].[Na+].[Na+].[Na+].[Na+]. The zero-order chi connectivity index (χ0) is 54.3. The molecule has 43 heteroatoms. The molecule has 7 aromatic rings. The van der Waals surface area contributed by atoms with Crippen LogP contribution in [0.5, 0.6) is 0 Å². The second kappa shape index (κ2) is 41.3. The number of rotatable bonds is 23. The number of benzene rings is 6. The van der Waals surface area contributed by atoms with Crippen LogP contribution < -0.4 is 239 Å². The van der Waals surface area contributed by atoms with Crippen LogP contribution in [-0.4, -0.2) is 61.7 Å². The average Bonchev–Trinajstić information content (AvgIpc) is 3.36.